The van der Waals surface area contributed by atoms with Crippen LogP contribution in [0.2, 0.25) is 10.0 Å². The van der Waals surface area contributed by atoms with Gasteiger partial charge in [-0.3, -0.25) is 9.78 Å². The van der Waals surface area contributed by atoms with Gasteiger partial charge in [-0.1, -0.05) is 23.2 Å². The summed E-state index contributed by atoms with van der Waals surface area (Å²) in [6, 6.07) is 3.56. The van der Waals surface area contributed by atoms with Crippen molar-refractivity contribution in [3.63, 3.8) is 0 Å². The van der Waals surface area contributed by atoms with Gasteiger partial charge in [-0.2, -0.15) is 0 Å². The molecule has 2 aromatic heterocycles. The van der Waals surface area contributed by atoms with Gasteiger partial charge >= 0.3 is 6.09 Å². The highest BCUT2D eigenvalue weighted by Crippen LogP contribution is 2.42. The first kappa shape index (κ1) is 25.7. The molecule has 0 radical (unpaired) electrons. The summed E-state index contributed by atoms with van der Waals surface area (Å²) in [5.41, 5.74) is 3.08. The fourth-order valence-corrected chi connectivity index (χ4v) is 5.32. The van der Waals surface area contributed by atoms with E-state index in [4.69, 9.17) is 32.7 Å². The predicted molar refractivity (Wildman–Crippen MR) is 144 cm³/mol. The zero-order chi connectivity index (χ0) is 26.5. The molecule has 8 nitrogen and oxygen atoms in total. The number of nitrogens with zero attached hydrogens (tertiary/aromatic N) is 3. The zero-order valence-corrected chi connectivity index (χ0v) is 22.9. The van der Waals surface area contributed by atoms with Crippen molar-refractivity contribution in [1.82, 2.24) is 14.5 Å². The number of rotatable bonds is 5. The number of halogens is 2. The molecule has 196 valence electrons. The third-order valence-corrected chi connectivity index (χ3v) is 7.27. The molecule has 0 saturated heterocycles. The van der Waals surface area contributed by atoms with E-state index < -0.39 is 5.60 Å². The molecule has 1 N–H and O–H groups in total. The predicted octanol–water partition coefficient (Wildman–Crippen LogP) is 6.31. The lowest BCUT2D eigenvalue weighted by molar-refractivity contribution is 0.0223. The number of benzene rings is 1. The Bertz CT molecular complexity index is 1370. The van der Waals surface area contributed by atoms with E-state index in [0.29, 0.717) is 42.4 Å². The van der Waals surface area contributed by atoms with E-state index in [1.807, 2.05) is 26.8 Å². The van der Waals surface area contributed by atoms with Crippen LogP contribution in [0.4, 0.5) is 10.5 Å². The molecule has 1 aliphatic heterocycles. The second kappa shape index (κ2) is 9.72. The third-order valence-electron chi connectivity index (χ3n) is 6.70. The second-order valence-corrected chi connectivity index (χ2v) is 11.4. The minimum Gasteiger partial charge on any atom is -0.495 e. The maximum Gasteiger partial charge on any atom is 0.410 e. The Labute approximate surface area is 225 Å². The van der Waals surface area contributed by atoms with Crippen LogP contribution >= 0.6 is 23.2 Å². The van der Waals surface area contributed by atoms with Gasteiger partial charge in [-0.15, -0.1) is 0 Å². The minimum atomic E-state index is -0.603. The average Bonchev–Trinajstić information content (AvgIpc) is 3.61. The van der Waals surface area contributed by atoms with Gasteiger partial charge < -0.3 is 24.3 Å². The Hall–Kier alpha value is -2.97. The number of fused-ring (bicyclic) bond motifs is 3. The highest BCUT2D eigenvalue weighted by molar-refractivity contribution is 6.40. The Morgan fingerprint density at radius 2 is 1.86 bits per heavy atom. The lowest BCUT2D eigenvalue weighted by Crippen LogP contribution is -2.40. The van der Waals surface area contributed by atoms with Crippen LogP contribution in [0.15, 0.2) is 24.5 Å². The van der Waals surface area contributed by atoms with Crippen LogP contribution in [0.5, 0.6) is 5.75 Å². The number of amides is 2. The molecule has 3 aromatic rings. The van der Waals surface area contributed by atoms with E-state index in [-0.39, 0.29) is 22.0 Å². The van der Waals surface area contributed by atoms with Crippen molar-refractivity contribution in [3.8, 4) is 5.75 Å². The van der Waals surface area contributed by atoms with E-state index in [9.17, 15) is 9.59 Å². The lowest BCUT2D eigenvalue weighted by atomic mass is 10.00. The van der Waals surface area contributed by atoms with E-state index in [2.05, 4.69) is 14.9 Å². The first-order chi connectivity index (χ1) is 17.6. The number of ether oxygens (including phenoxy) is 2. The van der Waals surface area contributed by atoms with Crippen molar-refractivity contribution in [2.24, 2.45) is 5.92 Å². The van der Waals surface area contributed by atoms with Crippen molar-refractivity contribution in [2.45, 2.75) is 58.7 Å². The van der Waals surface area contributed by atoms with Gasteiger partial charge in [0.2, 0.25) is 0 Å². The van der Waals surface area contributed by atoms with Crippen molar-refractivity contribution >= 4 is 51.8 Å². The number of hydrogen-bond donors (Lipinski definition) is 1. The number of carbonyl (C=O) groups excluding carboxylic acids is 2. The van der Waals surface area contributed by atoms with Gasteiger partial charge in [0, 0.05) is 54.1 Å². The molecule has 37 heavy (non-hydrogen) atoms. The Balaban J connectivity index is 1.63. The van der Waals surface area contributed by atoms with E-state index in [0.717, 1.165) is 28.7 Å². The normalized spacial score (nSPS) is 15.5. The quantitative estimate of drug-likeness (QED) is 0.406. The van der Waals surface area contributed by atoms with E-state index >= 15 is 0 Å². The number of anilines is 1. The summed E-state index contributed by atoms with van der Waals surface area (Å²) in [5.74, 6) is 0.925. The molecule has 0 spiro atoms. The molecule has 1 aliphatic carbocycles. The molecular formula is C27H30Cl2N4O4. The van der Waals surface area contributed by atoms with E-state index in [1.54, 1.807) is 18.1 Å². The summed E-state index contributed by atoms with van der Waals surface area (Å²) in [6.45, 7) is 7.28. The molecule has 0 atom stereocenters. The van der Waals surface area contributed by atoms with Crippen molar-refractivity contribution in [2.75, 3.05) is 19.0 Å². The number of nitrogens with one attached hydrogen (secondary N) is 1. The lowest BCUT2D eigenvalue weighted by Gasteiger charge is -2.31. The van der Waals surface area contributed by atoms with Crippen molar-refractivity contribution < 1.29 is 19.1 Å². The number of hydrogen-bond acceptors (Lipinski definition) is 5. The molecule has 3 heterocycles. The van der Waals surface area contributed by atoms with Crippen molar-refractivity contribution in [1.29, 1.82) is 0 Å². The van der Waals surface area contributed by atoms with Crippen LogP contribution in [-0.2, 0) is 24.2 Å². The molecule has 10 heteroatoms. The van der Waals surface area contributed by atoms with Crippen LogP contribution in [0.1, 0.15) is 55.2 Å². The monoisotopic (exact) mass is 544 g/mol. The first-order valence-corrected chi connectivity index (χ1v) is 13.1. The molecular weight excluding hydrogens is 515 g/mol. The SMILES string of the molecule is COc1ccc(C(=O)Nc2c(Cl)cncc2Cl)c2c3c(n(CC4CC4)c12)CCN(C(=O)OC(C)(C)C)C3. The number of methoxy groups -OCH3 is 1. The molecule has 1 saturated carbocycles. The Morgan fingerprint density at radius 3 is 2.49 bits per heavy atom. The van der Waals surface area contributed by atoms with Gasteiger partial charge in [0.25, 0.3) is 5.91 Å². The van der Waals surface area contributed by atoms with Crippen LogP contribution in [0.25, 0.3) is 10.9 Å². The summed E-state index contributed by atoms with van der Waals surface area (Å²) in [4.78, 5) is 32.3. The topological polar surface area (TPSA) is 85.7 Å². The summed E-state index contributed by atoms with van der Waals surface area (Å²) in [5, 5.41) is 4.12. The highest BCUT2D eigenvalue weighted by Gasteiger charge is 2.34. The van der Waals surface area contributed by atoms with Crippen LogP contribution in [0, 0.1) is 5.92 Å². The average molecular weight is 545 g/mol. The smallest absolute Gasteiger partial charge is 0.410 e. The number of pyridine rings is 1. The molecule has 5 rings (SSSR count). The molecule has 2 aliphatic rings. The molecule has 1 aromatic carbocycles. The summed E-state index contributed by atoms with van der Waals surface area (Å²) >= 11 is 12.5. The molecule has 0 bridgehead atoms. The highest BCUT2D eigenvalue weighted by atomic mass is 35.5. The van der Waals surface area contributed by atoms with Gasteiger partial charge in [0.05, 0.1) is 34.9 Å². The maximum atomic E-state index is 13.7. The number of aromatic nitrogens is 2. The van der Waals surface area contributed by atoms with Gasteiger partial charge in [0.1, 0.15) is 11.4 Å². The summed E-state index contributed by atoms with van der Waals surface area (Å²) in [7, 11) is 1.63. The minimum absolute atomic E-state index is 0.245. The Morgan fingerprint density at radius 1 is 1.16 bits per heavy atom. The molecule has 1 fully saturated rings. The molecule has 0 unspecified atom stereocenters. The van der Waals surface area contributed by atoms with Gasteiger partial charge in [0.15, 0.2) is 0 Å². The molecule has 2 amide bonds. The second-order valence-electron chi connectivity index (χ2n) is 10.6. The summed E-state index contributed by atoms with van der Waals surface area (Å²) in [6.07, 6.45) is 5.51. The van der Waals surface area contributed by atoms with Gasteiger partial charge in [-0.25, -0.2) is 4.79 Å². The van der Waals surface area contributed by atoms with Gasteiger partial charge in [-0.05, 0) is 51.7 Å². The standard InChI is InChI=1S/C27H30Cl2N4O4/c1-27(2,3)37-26(35)32-10-9-20-17(14-32)22-16(25(34)31-23-18(28)11-30-12-19(23)29)7-8-21(36-4)24(22)33(20)13-15-5-6-15/h7-8,11-12,15H,5-6,9-10,13-14H2,1-4H3,(H,30,31,34). The van der Waals surface area contributed by atoms with Crippen LogP contribution < -0.4 is 10.1 Å². The summed E-state index contributed by atoms with van der Waals surface area (Å²) < 4.78 is 13.7. The fraction of sp³-hybridized carbons (Fsp3) is 0.444. The van der Waals surface area contributed by atoms with Crippen molar-refractivity contribution in [3.05, 3.63) is 51.4 Å². The third kappa shape index (κ3) is 5.09. The largest absolute Gasteiger partial charge is 0.495 e. The zero-order valence-electron chi connectivity index (χ0n) is 21.4. The number of carbonyl (C=O) groups is 2. The Kier molecular flexibility index (Phi) is 6.75. The van der Waals surface area contributed by atoms with Crippen LogP contribution in [-0.4, -0.2) is 45.7 Å². The first-order valence-electron chi connectivity index (χ1n) is 12.4. The van der Waals surface area contributed by atoms with Crippen LogP contribution in [0.3, 0.4) is 0 Å². The van der Waals surface area contributed by atoms with E-state index in [1.165, 1.54) is 25.2 Å². The fourth-order valence-electron chi connectivity index (χ4n) is 4.86. The maximum absolute atomic E-state index is 13.7.